The van der Waals surface area contributed by atoms with Crippen LogP contribution < -0.4 is 5.32 Å². The van der Waals surface area contributed by atoms with Crippen molar-refractivity contribution in [2.45, 2.75) is 70.5 Å². The lowest BCUT2D eigenvalue weighted by Gasteiger charge is -2.31. The Kier molecular flexibility index (Phi) is 8.43. The normalized spacial score (nSPS) is 28.8. The fourth-order valence-electron chi connectivity index (χ4n) is 3.57. The number of carbonyl (C=O) groups excluding carboxylic acids is 1. The van der Waals surface area contributed by atoms with Crippen molar-refractivity contribution in [3.05, 3.63) is 0 Å². The second-order valence-electron chi connectivity index (χ2n) is 6.52. The number of nitrogens with one attached hydrogen (secondary N) is 1. The highest BCUT2D eigenvalue weighted by atomic mass is 35.5. The number of piperidine rings is 1. The minimum atomic E-state index is 0. The molecule has 2 aliphatic rings. The molecule has 3 unspecified atom stereocenters. The molecule has 3 nitrogen and oxygen atoms in total. The van der Waals surface area contributed by atoms with Crippen molar-refractivity contribution in [1.82, 2.24) is 10.2 Å². The lowest BCUT2D eigenvalue weighted by atomic mass is 9.89. The molecule has 2 heterocycles. The predicted octanol–water partition coefficient (Wildman–Crippen LogP) is 3.32. The van der Waals surface area contributed by atoms with E-state index < -0.39 is 0 Å². The summed E-state index contributed by atoms with van der Waals surface area (Å²) >= 11 is 1.96. The third kappa shape index (κ3) is 5.65. The van der Waals surface area contributed by atoms with Crippen LogP contribution in [-0.4, -0.2) is 47.5 Å². The summed E-state index contributed by atoms with van der Waals surface area (Å²) in [6.07, 6.45) is 6.91. The van der Waals surface area contributed by atoms with Crippen molar-refractivity contribution in [2.24, 2.45) is 5.92 Å². The Morgan fingerprint density at radius 1 is 1.33 bits per heavy atom. The van der Waals surface area contributed by atoms with Crippen LogP contribution in [0.3, 0.4) is 0 Å². The van der Waals surface area contributed by atoms with E-state index in [1.54, 1.807) is 0 Å². The first kappa shape index (κ1) is 19.1. The average Bonchev–Trinajstić information content (AvgIpc) is 2.77. The van der Waals surface area contributed by atoms with Crippen LogP contribution in [0.15, 0.2) is 0 Å². The van der Waals surface area contributed by atoms with E-state index in [4.69, 9.17) is 0 Å². The number of thioether (sulfide) groups is 1. The van der Waals surface area contributed by atoms with Gasteiger partial charge >= 0.3 is 0 Å². The van der Waals surface area contributed by atoms with Crippen molar-refractivity contribution in [1.29, 1.82) is 0 Å². The third-order valence-electron chi connectivity index (χ3n) is 4.97. The SMILES string of the molecule is CCSCCC(C)N(C)C(=O)CC1CC2CCC(C1)N2.Cl. The molecule has 3 atom stereocenters. The van der Waals surface area contributed by atoms with E-state index in [2.05, 4.69) is 19.2 Å². The molecule has 2 saturated heterocycles. The van der Waals surface area contributed by atoms with Crippen LogP contribution in [-0.2, 0) is 4.79 Å². The topological polar surface area (TPSA) is 32.3 Å². The van der Waals surface area contributed by atoms with Gasteiger partial charge in [0.05, 0.1) is 0 Å². The molecule has 21 heavy (non-hydrogen) atoms. The van der Waals surface area contributed by atoms with E-state index in [1.807, 2.05) is 23.7 Å². The molecule has 1 N–H and O–H groups in total. The molecule has 0 aromatic carbocycles. The van der Waals surface area contributed by atoms with E-state index in [1.165, 1.54) is 31.4 Å². The number of amides is 1. The molecule has 5 heteroatoms. The average molecular weight is 335 g/mol. The molecule has 0 saturated carbocycles. The summed E-state index contributed by atoms with van der Waals surface area (Å²) in [5.41, 5.74) is 0. The number of nitrogens with zero attached hydrogens (tertiary/aromatic N) is 1. The summed E-state index contributed by atoms with van der Waals surface area (Å²) < 4.78 is 0. The predicted molar refractivity (Wildman–Crippen MR) is 94.4 cm³/mol. The molecule has 2 bridgehead atoms. The molecule has 0 spiro atoms. The van der Waals surface area contributed by atoms with Crippen LogP contribution in [0.5, 0.6) is 0 Å². The van der Waals surface area contributed by atoms with E-state index in [-0.39, 0.29) is 12.4 Å². The zero-order chi connectivity index (χ0) is 14.5. The highest BCUT2D eigenvalue weighted by Gasteiger charge is 2.34. The van der Waals surface area contributed by atoms with Gasteiger partial charge in [0, 0.05) is 31.6 Å². The maximum Gasteiger partial charge on any atom is 0.222 e. The second kappa shape index (κ2) is 9.26. The molecular formula is C16H31ClN2OS. The van der Waals surface area contributed by atoms with Gasteiger partial charge in [0.1, 0.15) is 0 Å². The molecular weight excluding hydrogens is 304 g/mol. The van der Waals surface area contributed by atoms with E-state index in [0.717, 1.165) is 18.6 Å². The van der Waals surface area contributed by atoms with Gasteiger partial charge in [0.15, 0.2) is 0 Å². The van der Waals surface area contributed by atoms with Crippen molar-refractivity contribution >= 4 is 30.1 Å². The fourth-order valence-corrected chi connectivity index (χ4v) is 4.37. The van der Waals surface area contributed by atoms with Gasteiger partial charge in [0.2, 0.25) is 5.91 Å². The standard InChI is InChI=1S/C16H30N2OS.ClH/c1-4-20-8-7-12(2)18(3)16(19)11-13-9-14-5-6-15(10-13)17-14;/h12-15,17H,4-11H2,1-3H3;1H. The lowest BCUT2D eigenvalue weighted by molar-refractivity contribution is -0.133. The minimum Gasteiger partial charge on any atom is -0.343 e. The van der Waals surface area contributed by atoms with E-state index >= 15 is 0 Å². The maximum atomic E-state index is 12.4. The summed E-state index contributed by atoms with van der Waals surface area (Å²) in [5, 5.41) is 3.65. The second-order valence-corrected chi connectivity index (χ2v) is 7.91. The number of halogens is 1. The largest absolute Gasteiger partial charge is 0.343 e. The van der Waals surface area contributed by atoms with Crippen molar-refractivity contribution in [2.75, 3.05) is 18.6 Å². The Morgan fingerprint density at radius 2 is 1.95 bits per heavy atom. The molecule has 0 aliphatic carbocycles. The molecule has 0 aromatic heterocycles. The smallest absolute Gasteiger partial charge is 0.222 e. The summed E-state index contributed by atoms with van der Waals surface area (Å²) in [7, 11) is 1.99. The van der Waals surface area contributed by atoms with Crippen LogP contribution in [0.4, 0.5) is 0 Å². The quantitative estimate of drug-likeness (QED) is 0.725. The van der Waals surface area contributed by atoms with Gasteiger partial charge in [0.25, 0.3) is 0 Å². The van der Waals surface area contributed by atoms with Gasteiger partial charge in [-0.3, -0.25) is 4.79 Å². The molecule has 2 fully saturated rings. The molecule has 2 aliphatic heterocycles. The molecule has 0 aromatic rings. The number of hydrogen-bond acceptors (Lipinski definition) is 3. The monoisotopic (exact) mass is 334 g/mol. The number of carbonyl (C=O) groups is 1. The fraction of sp³-hybridized carbons (Fsp3) is 0.938. The zero-order valence-electron chi connectivity index (χ0n) is 13.6. The minimum absolute atomic E-state index is 0. The van der Waals surface area contributed by atoms with Gasteiger partial charge in [-0.15, -0.1) is 12.4 Å². The highest BCUT2D eigenvalue weighted by Crippen LogP contribution is 2.33. The summed E-state index contributed by atoms with van der Waals surface area (Å²) in [6.45, 7) is 4.37. The van der Waals surface area contributed by atoms with Crippen molar-refractivity contribution < 1.29 is 4.79 Å². The van der Waals surface area contributed by atoms with Crippen LogP contribution in [0.25, 0.3) is 0 Å². The zero-order valence-corrected chi connectivity index (χ0v) is 15.3. The molecule has 124 valence electrons. The Balaban J connectivity index is 0.00000220. The van der Waals surface area contributed by atoms with E-state index in [9.17, 15) is 4.79 Å². The summed E-state index contributed by atoms with van der Waals surface area (Å²) in [6, 6.07) is 1.76. The first-order valence-electron chi connectivity index (χ1n) is 8.19. The van der Waals surface area contributed by atoms with Gasteiger partial charge in [-0.1, -0.05) is 6.92 Å². The van der Waals surface area contributed by atoms with Gasteiger partial charge in [-0.25, -0.2) is 0 Å². The van der Waals surface area contributed by atoms with Gasteiger partial charge < -0.3 is 10.2 Å². The van der Waals surface area contributed by atoms with Gasteiger partial charge in [-0.2, -0.15) is 11.8 Å². The first-order valence-corrected chi connectivity index (χ1v) is 9.35. The van der Waals surface area contributed by atoms with Crippen LogP contribution >= 0.6 is 24.2 Å². The Hall–Kier alpha value is 0.0700. The number of hydrogen-bond donors (Lipinski definition) is 1. The Labute approximate surface area is 140 Å². The van der Waals surface area contributed by atoms with Gasteiger partial charge in [-0.05, 0) is 56.5 Å². The highest BCUT2D eigenvalue weighted by molar-refractivity contribution is 7.99. The molecule has 1 amide bonds. The maximum absolute atomic E-state index is 12.4. The Bertz CT molecular complexity index is 317. The first-order chi connectivity index (χ1) is 9.60. The van der Waals surface area contributed by atoms with E-state index in [0.29, 0.717) is 30.0 Å². The molecule has 0 radical (unpaired) electrons. The lowest BCUT2D eigenvalue weighted by Crippen LogP contribution is -2.41. The number of rotatable bonds is 7. The van der Waals surface area contributed by atoms with Crippen LogP contribution in [0.1, 0.15) is 52.4 Å². The third-order valence-corrected chi connectivity index (χ3v) is 5.91. The van der Waals surface area contributed by atoms with Crippen LogP contribution in [0, 0.1) is 5.92 Å². The van der Waals surface area contributed by atoms with Crippen molar-refractivity contribution in [3.8, 4) is 0 Å². The summed E-state index contributed by atoms with van der Waals surface area (Å²) in [5.74, 6) is 3.29. The number of fused-ring (bicyclic) bond motifs is 2. The summed E-state index contributed by atoms with van der Waals surface area (Å²) in [4.78, 5) is 14.4. The Morgan fingerprint density at radius 3 is 2.52 bits per heavy atom. The van der Waals surface area contributed by atoms with Crippen LogP contribution in [0.2, 0.25) is 0 Å². The molecule has 2 rings (SSSR count). The van der Waals surface area contributed by atoms with Crippen molar-refractivity contribution in [3.63, 3.8) is 0 Å².